The Bertz CT molecular complexity index is 2570. The zero-order chi connectivity index (χ0) is 41.9. The molecule has 2 aliphatic rings. The average molecular weight is 785 g/mol. The minimum Gasteiger partial charge on any atom is -0.318 e. The van der Waals surface area contributed by atoms with Crippen LogP contribution in [0.15, 0.2) is 180 Å². The maximum atomic E-state index is 5.32. The first-order valence-electron chi connectivity index (χ1n) is 20.9. The summed E-state index contributed by atoms with van der Waals surface area (Å²) in [5.74, 6) is 2.61. The molecule has 0 bridgehead atoms. The van der Waals surface area contributed by atoms with Gasteiger partial charge in [0, 0.05) is 39.2 Å². The number of para-hydroxylation sites is 2. The number of hydrogen-bond acceptors (Lipinski definition) is 6. The van der Waals surface area contributed by atoms with Crippen LogP contribution in [0.5, 0.6) is 0 Å². The van der Waals surface area contributed by atoms with Crippen molar-refractivity contribution in [3.63, 3.8) is 0 Å². The highest BCUT2D eigenvalue weighted by Gasteiger charge is 2.50. The summed E-state index contributed by atoms with van der Waals surface area (Å²) >= 11 is 0. The van der Waals surface area contributed by atoms with Crippen molar-refractivity contribution < 1.29 is 0 Å². The second-order valence-electron chi connectivity index (χ2n) is 18.0. The second kappa shape index (κ2) is 14.6. The molecule has 0 fully saturated rings. The van der Waals surface area contributed by atoms with Crippen LogP contribution in [0.1, 0.15) is 66.5 Å². The monoisotopic (exact) mass is 784 g/mol. The van der Waals surface area contributed by atoms with Crippen molar-refractivity contribution in [3.05, 3.63) is 181 Å². The zero-order valence-electron chi connectivity index (χ0n) is 35.8. The highest BCUT2D eigenvalue weighted by atomic mass is 15.3. The Morgan fingerprint density at radius 3 is 1.05 bits per heavy atom. The van der Waals surface area contributed by atoms with Gasteiger partial charge in [-0.15, -0.1) is 0 Å². The molecule has 298 valence electrons. The Hall–Kier alpha value is -6.66. The Morgan fingerprint density at radius 2 is 0.650 bits per heavy atom. The summed E-state index contributed by atoms with van der Waals surface area (Å²) in [6.07, 6.45) is 0. The smallest absolute Gasteiger partial charge is 0.160 e. The van der Waals surface area contributed by atoms with Gasteiger partial charge in [-0.2, -0.15) is 0 Å². The molecule has 0 amide bonds. The topological polar surface area (TPSA) is 57.0 Å². The van der Waals surface area contributed by atoms with Crippen LogP contribution in [0.2, 0.25) is 0 Å². The molecular weight excluding hydrogens is 733 g/mol. The van der Waals surface area contributed by atoms with Crippen molar-refractivity contribution in [2.45, 2.75) is 77.5 Å². The molecule has 3 heterocycles. The van der Waals surface area contributed by atoms with E-state index in [1.165, 1.54) is 5.56 Å². The molecule has 0 saturated carbocycles. The van der Waals surface area contributed by atoms with Crippen LogP contribution < -0.4 is 9.80 Å². The minimum atomic E-state index is -0.296. The molecule has 9 rings (SSSR count). The maximum Gasteiger partial charge on any atom is 0.160 e. The molecule has 1 aromatic heterocycles. The van der Waals surface area contributed by atoms with E-state index in [0.29, 0.717) is 5.82 Å². The number of aromatic nitrogens is 2. The fourth-order valence-corrected chi connectivity index (χ4v) is 8.31. The Morgan fingerprint density at radius 1 is 0.333 bits per heavy atom. The number of rotatable bonds is 8. The van der Waals surface area contributed by atoms with Gasteiger partial charge >= 0.3 is 0 Å². The summed E-state index contributed by atoms with van der Waals surface area (Å²) in [6, 6.07) is 59.6. The third-order valence-electron chi connectivity index (χ3n) is 13.2. The number of nitrogens with zero attached hydrogens (tertiary/aromatic N) is 6. The van der Waals surface area contributed by atoms with E-state index < -0.39 is 0 Å². The van der Waals surface area contributed by atoms with Crippen molar-refractivity contribution in [2.24, 2.45) is 9.98 Å². The Labute approximate surface area is 355 Å². The van der Waals surface area contributed by atoms with Crippen molar-refractivity contribution in [1.29, 1.82) is 0 Å². The first-order chi connectivity index (χ1) is 28.7. The van der Waals surface area contributed by atoms with Gasteiger partial charge in [0.2, 0.25) is 0 Å². The van der Waals surface area contributed by atoms with Crippen molar-refractivity contribution in [2.75, 3.05) is 9.80 Å². The number of amidine groups is 2. The second-order valence-corrected chi connectivity index (χ2v) is 18.0. The molecule has 0 unspecified atom stereocenters. The van der Waals surface area contributed by atoms with E-state index in [4.69, 9.17) is 20.0 Å². The number of hydrogen-bond donors (Lipinski definition) is 0. The van der Waals surface area contributed by atoms with Gasteiger partial charge in [-0.25, -0.2) is 9.97 Å². The normalized spacial score (nSPS) is 17.3. The summed E-state index contributed by atoms with van der Waals surface area (Å²) in [4.78, 5) is 25.8. The van der Waals surface area contributed by atoms with Gasteiger partial charge in [0.05, 0.1) is 33.5 Å². The average Bonchev–Trinajstić information content (AvgIpc) is 3.59. The SMILES string of the molecule is CC1(C)N=C(c2ccc(-c3cc(-c4ccc(C5=NC(C)(C)C(C)(C)N5c5ccccc5)cc4)nc(-c4ccc(-c5ccccc5)cc4)n3)cc2)N(c2ccccc2)C1(C)C. The molecule has 0 N–H and O–H groups in total. The largest absolute Gasteiger partial charge is 0.318 e. The third-order valence-corrected chi connectivity index (χ3v) is 13.2. The molecule has 6 aromatic carbocycles. The summed E-state index contributed by atoms with van der Waals surface area (Å²) in [6.45, 7) is 18.0. The molecular formula is C54H52N6. The molecule has 0 radical (unpaired) electrons. The maximum absolute atomic E-state index is 5.32. The fraction of sp³-hybridized carbons (Fsp3) is 0.222. The predicted molar refractivity (Wildman–Crippen MR) is 251 cm³/mol. The molecule has 0 aliphatic carbocycles. The summed E-state index contributed by atoms with van der Waals surface area (Å²) in [7, 11) is 0. The molecule has 6 nitrogen and oxygen atoms in total. The lowest BCUT2D eigenvalue weighted by Crippen LogP contribution is -2.53. The predicted octanol–water partition coefficient (Wildman–Crippen LogP) is 12.8. The first kappa shape index (κ1) is 38.8. The molecule has 6 heteroatoms. The number of benzene rings is 6. The summed E-state index contributed by atoms with van der Waals surface area (Å²) < 4.78 is 0. The van der Waals surface area contributed by atoms with Gasteiger partial charge in [-0.05, 0) is 96.8 Å². The Balaban J connectivity index is 1.10. The van der Waals surface area contributed by atoms with Gasteiger partial charge in [0.15, 0.2) is 5.82 Å². The molecule has 0 spiro atoms. The van der Waals surface area contributed by atoms with Gasteiger partial charge in [0.1, 0.15) is 11.7 Å². The van der Waals surface area contributed by atoms with Gasteiger partial charge in [-0.3, -0.25) is 9.98 Å². The van der Waals surface area contributed by atoms with E-state index in [1.807, 2.05) is 6.07 Å². The van der Waals surface area contributed by atoms with Gasteiger partial charge in [-0.1, -0.05) is 140 Å². The van der Waals surface area contributed by atoms with E-state index in [-0.39, 0.29) is 22.2 Å². The molecule has 7 aromatic rings. The highest BCUT2D eigenvalue weighted by Crippen LogP contribution is 2.44. The third kappa shape index (κ3) is 6.70. The quantitative estimate of drug-likeness (QED) is 0.154. The van der Waals surface area contributed by atoms with Crippen LogP contribution in [-0.4, -0.2) is 43.8 Å². The number of anilines is 2. The molecule has 0 atom stereocenters. The van der Waals surface area contributed by atoms with E-state index in [0.717, 1.165) is 67.8 Å². The van der Waals surface area contributed by atoms with Crippen molar-refractivity contribution in [3.8, 4) is 45.0 Å². The highest BCUT2D eigenvalue weighted by molar-refractivity contribution is 6.14. The number of aliphatic imine (C=N–C) groups is 2. The van der Waals surface area contributed by atoms with Gasteiger partial charge in [0.25, 0.3) is 0 Å². The van der Waals surface area contributed by atoms with Crippen LogP contribution in [0.25, 0.3) is 45.0 Å². The lowest BCUT2D eigenvalue weighted by atomic mass is 9.83. The molecule has 0 saturated heterocycles. The minimum absolute atomic E-state index is 0.235. The summed E-state index contributed by atoms with van der Waals surface area (Å²) in [5, 5.41) is 0. The van der Waals surface area contributed by atoms with Crippen molar-refractivity contribution >= 4 is 23.0 Å². The van der Waals surface area contributed by atoms with E-state index in [2.05, 4.69) is 229 Å². The standard InChI is InChI=1S/C54H52N6/c1-51(2)53(5,6)59(44-20-14-10-15-21-44)49(57-51)42-32-26-39(27-33-42)46-36-47(56-48(55-46)41-30-24-38(25-31-41)37-18-12-9-13-19-37)40-28-34-43(35-29-40)50-58-52(3,4)54(7,8)60(50)45-22-16-11-17-23-45/h9-36H,1-8H3. The molecule has 2 aliphatic heterocycles. The Kier molecular flexibility index (Phi) is 9.42. The zero-order valence-corrected chi connectivity index (χ0v) is 35.8. The van der Waals surface area contributed by atoms with Crippen molar-refractivity contribution in [1.82, 2.24) is 9.97 Å². The van der Waals surface area contributed by atoms with Crippen LogP contribution in [-0.2, 0) is 0 Å². The van der Waals surface area contributed by atoms with Crippen LogP contribution >= 0.6 is 0 Å². The van der Waals surface area contributed by atoms with Crippen LogP contribution in [0.4, 0.5) is 11.4 Å². The van der Waals surface area contributed by atoms with Crippen LogP contribution in [0.3, 0.4) is 0 Å². The lowest BCUT2D eigenvalue weighted by Gasteiger charge is -2.41. The summed E-state index contributed by atoms with van der Waals surface area (Å²) in [5.41, 5.74) is 10.3. The van der Waals surface area contributed by atoms with E-state index in [9.17, 15) is 0 Å². The lowest BCUT2D eigenvalue weighted by molar-refractivity contribution is 0.338. The van der Waals surface area contributed by atoms with Gasteiger partial charge < -0.3 is 9.80 Å². The van der Waals surface area contributed by atoms with E-state index in [1.54, 1.807) is 0 Å². The van der Waals surface area contributed by atoms with Crippen LogP contribution in [0, 0.1) is 0 Å². The first-order valence-corrected chi connectivity index (χ1v) is 20.9. The molecule has 60 heavy (non-hydrogen) atoms. The fourth-order valence-electron chi connectivity index (χ4n) is 8.31. The van der Waals surface area contributed by atoms with E-state index >= 15 is 0 Å².